The molecule has 16 heavy (non-hydrogen) atoms. The molecule has 2 rings (SSSR count). The molecule has 1 atom stereocenters. The molecule has 1 heterocycles. The van der Waals surface area contributed by atoms with Crippen molar-refractivity contribution in [2.24, 2.45) is 0 Å². The average molecular weight is 232 g/mol. The van der Waals surface area contributed by atoms with Crippen LogP contribution >= 0.6 is 11.3 Å². The molecule has 1 aromatic heterocycles. The van der Waals surface area contributed by atoms with Crippen LogP contribution in [-0.2, 0) is 6.54 Å². The number of thiazole rings is 1. The van der Waals surface area contributed by atoms with Crippen molar-refractivity contribution in [1.29, 1.82) is 0 Å². The molecular weight excluding hydrogens is 216 g/mol. The second-order valence-electron chi connectivity index (χ2n) is 3.87. The fourth-order valence-electron chi connectivity index (χ4n) is 1.61. The molecule has 0 aliphatic heterocycles. The van der Waals surface area contributed by atoms with Gasteiger partial charge in [-0.05, 0) is 19.4 Å². The van der Waals surface area contributed by atoms with E-state index in [1.54, 1.807) is 11.3 Å². The minimum Gasteiger partial charge on any atom is -0.305 e. The summed E-state index contributed by atoms with van der Waals surface area (Å²) in [7, 11) is 0. The van der Waals surface area contributed by atoms with E-state index in [9.17, 15) is 0 Å². The van der Waals surface area contributed by atoms with Crippen molar-refractivity contribution >= 4 is 11.3 Å². The lowest BCUT2D eigenvalue weighted by atomic mass is 10.1. The van der Waals surface area contributed by atoms with Crippen LogP contribution in [0.4, 0.5) is 0 Å². The molecule has 1 N–H and O–H groups in total. The predicted molar refractivity (Wildman–Crippen MR) is 68.5 cm³/mol. The first-order valence-electron chi connectivity index (χ1n) is 5.45. The van der Waals surface area contributed by atoms with Crippen LogP contribution in [-0.4, -0.2) is 4.98 Å². The van der Waals surface area contributed by atoms with E-state index in [-0.39, 0.29) is 0 Å². The zero-order chi connectivity index (χ0) is 11.4. The Labute approximate surface area is 100 Å². The van der Waals surface area contributed by atoms with Gasteiger partial charge < -0.3 is 5.32 Å². The number of rotatable bonds is 4. The van der Waals surface area contributed by atoms with E-state index in [0.29, 0.717) is 6.04 Å². The summed E-state index contributed by atoms with van der Waals surface area (Å²) in [6.07, 6.45) is 0. The molecule has 0 saturated heterocycles. The second-order valence-corrected chi connectivity index (χ2v) is 4.93. The fourth-order valence-corrected chi connectivity index (χ4v) is 2.22. The lowest BCUT2D eigenvalue weighted by molar-refractivity contribution is 0.569. The summed E-state index contributed by atoms with van der Waals surface area (Å²) < 4.78 is 0. The Hall–Kier alpha value is -1.19. The lowest BCUT2D eigenvalue weighted by Crippen LogP contribution is -2.18. The summed E-state index contributed by atoms with van der Waals surface area (Å²) in [6.45, 7) is 5.05. The number of hydrogen-bond acceptors (Lipinski definition) is 3. The van der Waals surface area contributed by atoms with Gasteiger partial charge in [-0.3, -0.25) is 0 Å². The van der Waals surface area contributed by atoms with Gasteiger partial charge in [-0.2, -0.15) is 0 Å². The normalized spacial score (nSPS) is 12.6. The highest BCUT2D eigenvalue weighted by Crippen LogP contribution is 2.13. The number of nitrogens with zero attached hydrogens (tertiary/aromatic N) is 1. The summed E-state index contributed by atoms with van der Waals surface area (Å²) in [5.74, 6) is 0. The van der Waals surface area contributed by atoms with Crippen LogP contribution in [0.2, 0.25) is 0 Å². The fraction of sp³-hybridized carbons (Fsp3) is 0.308. The first kappa shape index (κ1) is 11.3. The molecular formula is C13H16N2S. The summed E-state index contributed by atoms with van der Waals surface area (Å²) in [6, 6.07) is 10.8. The van der Waals surface area contributed by atoms with Crippen LogP contribution in [0, 0.1) is 6.92 Å². The number of hydrogen-bond donors (Lipinski definition) is 1. The molecule has 0 aliphatic carbocycles. The molecule has 2 nitrogen and oxygen atoms in total. The smallest absolute Gasteiger partial charge is 0.0897 e. The van der Waals surface area contributed by atoms with Crippen molar-refractivity contribution in [3.8, 4) is 0 Å². The van der Waals surface area contributed by atoms with Gasteiger partial charge in [0.2, 0.25) is 0 Å². The Kier molecular flexibility index (Phi) is 3.70. The Morgan fingerprint density at radius 2 is 2.06 bits per heavy atom. The highest BCUT2D eigenvalue weighted by molar-refractivity contribution is 7.09. The predicted octanol–water partition coefficient (Wildman–Crippen LogP) is 3.30. The summed E-state index contributed by atoms with van der Waals surface area (Å²) in [4.78, 5) is 4.43. The van der Waals surface area contributed by atoms with Crippen molar-refractivity contribution in [2.75, 3.05) is 0 Å². The van der Waals surface area contributed by atoms with Crippen LogP contribution in [0.5, 0.6) is 0 Å². The first-order chi connectivity index (χ1) is 7.75. The maximum absolute atomic E-state index is 4.43. The molecule has 84 valence electrons. The third-order valence-electron chi connectivity index (χ3n) is 2.56. The van der Waals surface area contributed by atoms with Gasteiger partial charge in [0.05, 0.1) is 10.7 Å². The number of nitrogens with one attached hydrogen (secondary N) is 1. The minimum absolute atomic E-state index is 0.364. The van der Waals surface area contributed by atoms with Gasteiger partial charge in [0.25, 0.3) is 0 Å². The van der Waals surface area contributed by atoms with Gasteiger partial charge >= 0.3 is 0 Å². The summed E-state index contributed by atoms with van der Waals surface area (Å²) >= 11 is 1.70. The van der Waals surface area contributed by atoms with Crippen LogP contribution in [0.15, 0.2) is 35.7 Å². The molecule has 0 unspecified atom stereocenters. The molecule has 0 spiro atoms. The third kappa shape index (κ3) is 2.90. The Morgan fingerprint density at radius 3 is 2.69 bits per heavy atom. The topological polar surface area (TPSA) is 24.9 Å². The van der Waals surface area contributed by atoms with E-state index >= 15 is 0 Å². The summed E-state index contributed by atoms with van der Waals surface area (Å²) in [5.41, 5.74) is 2.44. The second kappa shape index (κ2) is 5.23. The largest absolute Gasteiger partial charge is 0.305 e. The highest BCUT2D eigenvalue weighted by Gasteiger charge is 2.04. The molecule has 0 radical (unpaired) electrons. The molecule has 3 heteroatoms. The van der Waals surface area contributed by atoms with E-state index in [2.05, 4.69) is 46.9 Å². The zero-order valence-corrected chi connectivity index (χ0v) is 10.4. The van der Waals surface area contributed by atoms with Crippen molar-refractivity contribution in [3.63, 3.8) is 0 Å². The SMILES string of the molecule is Cc1nc(CN[C@@H](C)c2ccccc2)cs1. The number of aromatic nitrogens is 1. The molecule has 0 amide bonds. The van der Waals surface area contributed by atoms with E-state index in [1.807, 2.05) is 13.0 Å². The maximum Gasteiger partial charge on any atom is 0.0897 e. The molecule has 0 saturated carbocycles. The van der Waals surface area contributed by atoms with E-state index in [1.165, 1.54) is 5.56 Å². The van der Waals surface area contributed by atoms with E-state index < -0.39 is 0 Å². The van der Waals surface area contributed by atoms with Gasteiger partial charge in [0, 0.05) is 18.0 Å². The monoisotopic (exact) mass is 232 g/mol. The van der Waals surface area contributed by atoms with E-state index in [0.717, 1.165) is 17.2 Å². The zero-order valence-electron chi connectivity index (χ0n) is 9.60. The summed E-state index contributed by atoms with van der Waals surface area (Å²) in [5, 5.41) is 6.71. The standard InChI is InChI=1S/C13H16N2S/c1-10(12-6-4-3-5-7-12)14-8-13-9-16-11(2)15-13/h3-7,9-10,14H,8H2,1-2H3/t10-/m0/s1. The van der Waals surface area contributed by atoms with Crippen molar-refractivity contribution in [3.05, 3.63) is 52.0 Å². The molecule has 0 bridgehead atoms. The quantitative estimate of drug-likeness (QED) is 0.875. The highest BCUT2D eigenvalue weighted by atomic mass is 32.1. The van der Waals surface area contributed by atoms with Crippen molar-refractivity contribution in [1.82, 2.24) is 10.3 Å². The third-order valence-corrected chi connectivity index (χ3v) is 3.38. The van der Waals surface area contributed by atoms with Gasteiger partial charge in [-0.1, -0.05) is 30.3 Å². The Balaban J connectivity index is 1.91. The van der Waals surface area contributed by atoms with Crippen LogP contribution in [0.3, 0.4) is 0 Å². The first-order valence-corrected chi connectivity index (χ1v) is 6.33. The maximum atomic E-state index is 4.43. The van der Waals surface area contributed by atoms with Gasteiger partial charge in [-0.15, -0.1) is 11.3 Å². The van der Waals surface area contributed by atoms with E-state index in [4.69, 9.17) is 0 Å². The molecule has 0 fully saturated rings. The van der Waals surface area contributed by atoms with Crippen LogP contribution in [0.25, 0.3) is 0 Å². The number of aryl methyl sites for hydroxylation is 1. The Bertz CT molecular complexity index is 436. The Morgan fingerprint density at radius 1 is 1.31 bits per heavy atom. The van der Waals surface area contributed by atoms with Crippen molar-refractivity contribution < 1.29 is 0 Å². The molecule has 1 aromatic carbocycles. The number of benzene rings is 1. The average Bonchev–Trinajstić information content (AvgIpc) is 2.73. The minimum atomic E-state index is 0.364. The van der Waals surface area contributed by atoms with Gasteiger partial charge in [-0.25, -0.2) is 4.98 Å². The van der Waals surface area contributed by atoms with Crippen LogP contribution < -0.4 is 5.32 Å². The van der Waals surface area contributed by atoms with Crippen molar-refractivity contribution in [2.45, 2.75) is 26.4 Å². The van der Waals surface area contributed by atoms with Crippen LogP contribution in [0.1, 0.15) is 29.2 Å². The molecule has 0 aliphatic rings. The lowest BCUT2D eigenvalue weighted by Gasteiger charge is -2.12. The van der Waals surface area contributed by atoms with Gasteiger partial charge in [0.1, 0.15) is 0 Å². The van der Waals surface area contributed by atoms with Gasteiger partial charge in [0.15, 0.2) is 0 Å². The molecule has 2 aromatic rings.